The van der Waals surface area contributed by atoms with Gasteiger partial charge in [-0.25, -0.2) is 9.18 Å². The van der Waals surface area contributed by atoms with Crippen molar-refractivity contribution in [2.75, 3.05) is 13.1 Å². The van der Waals surface area contributed by atoms with Gasteiger partial charge in [0.15, 0.2) is 0 Å². The summed E-state index contributed by atoms with van der Waals surface area (Å²) in [5.41, 5.74) is 0.835. The summed E-state index contributed by atoms with van der Waals surface area (Å²) in [6.45, 7) is 0.908. The fraction of sp³-hybridized carbons (Fsp3) is 0.500. The number of nitrogens with zero attached hydrogens (tertiary/aromatic N) is 1. The van der Waals surface area contributed by atoms with Gasteiger partial charge in [-0.1, -0.05) is 17.7 Å². The third-order valence-corrected chi connectivity index (χ3v) is 4.91. The molecule has 1 heterocycles. The summed E-state index contributed by atoms with van der Waals surface area (Å²) in [7, 11) is 0. The Balaban J connectivity index is 1.50. The van der Waals surface area contributed by atoms with Gasteiger partial charge in [0.1, 0.15) is 5.82 Å². The van der Waals surface area contributed by atoms with Crippen molar-refractivity contribution in [1.29, 1.82) is 0 Å². The fourth-order valence-electron chi connectivity index (χ4n) is 3.05. The van der Waals surface area contributed by atoms with Crippen LogP contribution in [0, 0.1) is 11.7 Å². The Hall–Kier alpha value is -1.82. The molecule has 1 aliphatic carbocycles. The largest absolute Gasteiger partial charge is 0.481 e. The summed E-state index contributed by atoms with van der Waals surface area (Å²) in [6, 6.07) is 4.55. The zero-order valence-electron chi connectivity index (χ0n) is 12.5. The van der Waals surface area contributed by atoms with Crippen LogP contribution in [0.25, 0.3) is 0 Å². The summed E-state index contributed by atoms with van der Waals surface area (Å²) in [4.78, 5) is 24.8. The molecule has 1 aliphatic heterocycles. The van der Waals surface area contributed by atoms with Crippen LogP contribution in [0.15, 0.2) is 18.2 Å². The molecule has 2 N–H and O–H groups in total. The topological polar surface area (TPSA) is 69.6 Å². The van der Waals surface area contributed by atoms with Crippen LogP contribution in [0.1, 0.15) is 30.7 Å². The van der Waals surface area contributed by atoms with E-state index in [1.807, 2.05) is 0 Å². The Morgan fingerprint density at radius 3 is 2.61 bits per heavy atom. The van der Waals surface area contributed by atoms with E-state index in [-0.39, 0.29) is 28.9 Å². The highest BCUT2D eigenvalue weighted by Gasteiger charge is 2.41. The number of hydrogen-bond acceptors (Lipinski definition) is 2. The molecule has 2 atom stereocenters. The molecule has 5 nitrogen and oxygen atoms in total. The zero-order chi connectivity index (χ0) is 16.6. The standard InChI is InChI=1S/C16H18ClFN2O3/c17-12-2-1-10(7-13(12)18)11-8-14(11)19-16(23)20-5-3-9(4-6-20)15(21)22/h1-2,7,9,11,14H,3-6,8H2,(H,19,23)(H,21,22)/t11-,14+/m0/s1. The minimum absolute atomic E-state index is 0.000253. The number of halogens is 2. The second-order valence-corrected chi connectivity index (χ2v) is 6.58. The highest BCUT2D eigenvalue weighted by atomic mass is 35.5. The molecule has 1 saturated heterocycles. The van der Waals surface area contributed by atoms with Gasteiger partial charge in [0.05, 0.1) is 10.9 Å². The first-order valence-electron chi connectivity index (χ1n) is 7.69. The predicted octanol–water partition coefficient (Wildman–Crippen LogP) is 2.84. The van der Waals surface area contributed by atoms with Gasteiger partial charge in [-0.05, 0) is 37.0 Å². The van der Waals surface area contributed by atoms with Gasteiger partial charge in [-0.3, -0.25) is 4.79 Å². The Bertz CT molecular complexity index is 632. The first kappa shape index (κ1) is 16.1. The number of aliphatic carboxylic acids is 1. The SMILES string of the molecule is O=C(O)C1CCN(C(=O)N[C@@H]2C[C@H]2c2ccc(Cl)c(F)c2)CC1. The Labute approximate surface area is 138 Å². The van der Waals surface area contributed by atoms with E-state index in [1.54, 1.807) is 11.0 Å². The number of urea groups is 1. The molecule has 23 heavy (non-hydrogen) atoms. The third-order valence-electron chi connectivity index (χ3n) is 4.60. The van der Waals surface area contributed by atoms with Crippen LogP contribution < -0.4 is 5.32 Å². The van der Waals surface area contributed by atoms with Crippen molar-refractivity contribution in [3.63, 3.8) is 0 Å². The molecule has 2 fully saturated rings. The molecule has 1 aromatic carbocycles. The van der Waals surface area contributed by atoms with Gasteiger partial charge in [-0.2, -0.15) is 0 Å². The van der Waals surface area contributed by atoms with E-state index in [9.17, 15) is 14.0 Å². The van der Waals surface area contributed by atoms with E-state index in [0.717, 1.165) is 12.0 Å². The van der Waals surface area contributed by atoms with E-state index >= 15 is 0 Å². The van der Waals surface area contributed by atoms with Gasteiger partial charge >= 0.3 is 12.0 Å². The predicted molar refractivity (Wildman–Crippen MR) is 83.0 cm³/mol. The van der Waals surface area contributed by atoms with Gasteiger partial charge in [0, 0.05) is 25.0 Å². The second-order valence-electron chi connectivity index (χ2n) is 6.17. The minimum Gasteiger partial charge on any atom is -0.481 e. The number of carbonyl (C=O) groups is 2. The fourth-order valence-corrected chi connectivity index (χ4v) is 3.16. The number of piperidine rings is 1. The molecule has 0 unspecified atom stereocenters. The molecular weight excluding hydrogens is 323 g/mol. The zero-order valence-corrected chi connectivity index (χ0v) is 13.2. The lowest BCUT2D eigenvalue weighted by molar-refractivity contribution is -0.143. The summed E-state index contributed by atoms with van der Waals surface area (Å²) in [6.07, 6.45) is 1.75. The molecule has 0 spiro atoms. The molecule has 124 valence electrons. The van der Waals surface area contributed by atoms with E-state index in [1.165, 1.54) is 12.1 Å². The maximum absolute atomic E-state index is 13.5. The normalized spacial score (nSPS) is 24.3. The third kappa shape index (κ3) is 3.58. The molecule has 0 aromatic heterocycles. The highest BCUT2D eigenvalue weighted by Crippen LogP contribution is 2.41. The van der Waals surface area contributed by atoms with E-state index in [2.05, 4.69) is 5.32 Å². The lowest BCUT2D eigenvalue weighted by Crippen LogP contribution is -2.46. The average Bonchev–Trinajstić information content (AvgIpc) is 3.29. The van der Waals surface area contributed by atoms with Gasteiger partial charge in [0.2, 0.25) is 0 Å². The number of hydrogen-bond donors (Lipinski definition) is 2. The van der Waals surface area contributed by atoms with Crippen LogP contribution in [0.3, 0.4) is 0 Å². The number of amides is 2. The molecule has 3 rings (SSSR count). The van der Waals surface area contributed by atoms with Crippen molar-refractivity contribution in [3.05, 3.63) is 34.6 Å². The van der Waals surface area contributed by atoms with E-state index in [0.29, 0.717) is 25.9 Å². The quantitative estimate of drug-likeness (QED) is 0.889. The first-order chi connectivity index (χ1) is 11.0. The maximum atomic E-state index is 13.5. The number of benzene rings is 1. The van der Waals surface area contributed by atoms with E-state index < -0.39 is 11.8 Å². The summed E-state index contributed by atoms with van der Waals surface area (Å²) < 4.78 is 13.5. The van der Waals surface area contributed by atoms with Crippen LogP contribution >= 0.6 is 11.6 Å². The Morgan fingerprint density at radius 1 is 1.30 bits per heavy atom. The Kier molecular flexibility index (Phi) is 4.43. The first-order valence-corrected chi connectivity index (χ1v) is 8.06. The highest BCUT2D eigenvalue weighted by molar-refractivity contribution is 6.30. The molecule has 1 saturated carbocycles. The van der Waals surface area contributed by atoms with Crippen molar-refractivity contribution in [2.24, 2.45) is 5.92 Å². The smallest absolute Gasteiger partial charge is 0.317 e. The second kappa shape index (κ2) is 6.35. The molecule has 7 heteroatoms. The van der Waals surface area contributed by atoms with Gasteiger partial charge in [0.25, 0.3) is 0 Å². The van der Waals surface area contributed by atoms with Crippen molar-refractivity contribution < 1.29 is 19.1 Å². The lowest BCUT2D eigenvalue weighted by atomic mass is 9.97. The molecule has 2 aliphatic rings. The van der Waals surface area contributed by atoms with Crippen LogP contribution in [-0.2, 0) is 4.79 Å². The van der Waals surface area contributed by atoms with Crippen LogP contribution in [0.2, 0.25) is 5.02 Å². The number of carbonyl (C=O) groups excluding carboxylic acids is 1. The van der Waals surface area contributed by atoms with Gasteiger partial charge < -0.3 is 15.3 Å². The van der Waals surface area contributed by atoms with Crippen molar-refractivity contribution in [2.45, 2.75) is 31.2 Å². The summed E-state index contributed by atoms with van der Waals surface area (Å²) in [5, 5.41) is 12.0. The summed E-state index contributed by atoms with van der Waals surface area (Å²) in [5.74, 6) is -1.49. The molecule has 0 radical (unpaired) electrons. The monoisotopic (exact) mass is 340 g/mol. The van der Waals surface area contributed by atoms with E-state index in [4.69, 9.17) is 16.7 Å². The maximum Gasteiger partial charge on any atom is 0.317 e. The van der Waals surface area contributed by atoms with Crippen LogP contribution in [0.5, 0.6) is 0 Å². The minimum atomic E-state index is -0.794. The molecule has 0 bridgehead atoms. The van der Waals surface area contributed by atoms with Crippen molar-refractivity contribution in [3.8, 4) is 0 Å². The summed E-state index contributed by atoms with van der Waals surface area (Å²) >= 11 is 5.67. The van der Waals surface area contributed by atoms with Gasteiger partial charge in [-0.15, -0.1) is 0 Å². The number of carboxylic acids is 1. The molecular formula is C16H18ClFN2O3. The van der Waals surface area contributed by atoms with Crippen LogP contribution in [0.4, 0.5) is 9.18 Å². The number of likely N-dealkylation sites (tertiary alicyclic amines) is 1. The number of rotatable bonds is 3. The number of nitrogens with one attached hydrogen (secondary N) is 1. The van der Waals surface area contributed by atoms with Crippen molar-refractivity contribution >= 4 is 23.6 Å². The van der Waals surface area contributed by atoms with Crippen LogP contribution in [-0.4, -0.2) is 41.1 Å². The Morgan fingerprint density at radius 2 is 2.00 bits per heavy atom. The average molecular weight is 341 g/mol. The molecule has 1 aromatic rings. The molecule has 2 amide bonds. The lowest BCUT2D eigenvalue weighted by Gasteiger charge is -2.30. The van der Waals surface area contributed by atoms with Crippen molar-refractivity contribution in [1.82, 2.24) is 10.2 Å². The number of carboxylic acid groups (broad SMARTS) is 1.